The van der Waals surface area contributed by atoms with Gasteiger partial charge in [0.05, 0.1) is 12.4 Å². The van der Waals surface area contributed by atoms with Crippen LogP contribution in [0.25, 0.3) is 0 Å². The maximum Gasteiger partial charge on any atom is 0.157 e. The van der Waals surface area contributed by atoms with E-state index in [9.17, 15) is 4.39 Å². The molecule has 0 radical (unpaired) electrons. The second kappa shape index (κ2) is 6.05. The molecule has 0 atom stereocenters. The largest absolute Gasteiger partial charge is 0.488 e. The minimum Gasteiger partial charge on any atom is -0.488 e. The molecule has 1 aromatic heterocycles. The summed E-state index contributed by atoms with van der Waals surface area (Å²) in [6, 6.07) is 6.36. The summed E-state index contributed by atoms with van der Waals surface area (Å²) >= 11 is 0. The molecule has 0 saturated heterocycles. The molecule has 18 heavy (non-hydrogen) atoms. The molecule has 0 fully saturated rings. The Morgan fingerprint density at radius 3 is 3.06 bits per heavy atom. The number of aryl methyl sites for hydroxylation is 1. The molecule has 0 bridgehead atoms. The SMILES string of the molecule is CCn1cc(OCCNc2cccc(F)c2)cn1. The van der Waals surface area contributed by atoms with Crippen LogP contribution < -0.4 is 10.1 Å². The standard InChI is InChI=1S/C13H16FN3O/c1-2-17-10-13(9-16-17)18-7-6-15-12-5-3-4-11(14)8-12/h3-5,8-10,15H,2,6-7H2,1H3. The van der Waals surface area contributed by atoms with E-state index in [4.69, 9.17) is 4.74 Å². The van der Waals surface area contributed by atoms with Crippen molar-refractivity contribution in [2.45, 2.75) is 13.5 Å². The number of nitrogens with zero attached hydrogens (tertiary/aromatic N) is 2. The Bertz CT molecular complexity index is 498. The number of anilines is 1. The maximum atomic E-state index is 12.9. The van der Waals surface area contributed by atoms with Gasteiger partial charge in [0.25, 0.3) is 0 Å². The highest BCUT2D eigenvalue weighted by Crippen LogP contribution is 2.10. The Kier molecular flexibility index (Phi) is 4.17. The van der Waals surface area contributed by atoms with Gasteiger partial charge in [0.15, 0.2) is 5.75 Å². The van der Waals surface area contributed by atoms with Gasteiger partial charge < -0.3 is 10.1 Å². The molecule has 0 saturated carbocycles. The van der Waals surface area contributed by atoms with Gasteiger partial charge in [-0.05, 0) is 25.1 Å². The average Bonchev–Trinajstić information content (AvgIpc) is 2.83. The molecule has 96 valence electrons. The number of hydrogen-bond donors (Lipinski definition) is 1. The summed E-state index contributed by atoms with van der Waals surface area (Å²) in [5, 5.41) is 7.19. The molecule has 1 N–H and O–H groups in total. The highest BCUT2D eigenvalue weighted by Gasteiger charge is 1.98. The minimum absolute atomic E-state index is 0.245. The van der Waals surface area contributed by atoms with Crippen molar-refractivity contribution in [2.24, 2.45) is 0 Å². The Hall–Kier alpha value is -2.04. The van der Waals surface area contributed by atoms with Crippen LogP contribution in [0.1, 0.15) is 6.92 Å². The van der Waals surface area contributed by atoms with Gasteiger partial charge in [-0.2, -0.15) is 5.10 Å². The van der Waals surface area contributed by atoms with Crippen LogP contribution in [0, 0.1) is 5.82 Å². The summed E-state index contributed by atoms with van der Waals surface area (Å²) in [5.41, 5.74) is 0.753. The van der Waals surface area contributed by atoms with Crippen molar-refractivity contribution in [3.05, 3.63) is 42.5 Å². The van der Waals surface area contributed by atoms with E-state index in [0.29, 0.717) is 13.2 Å². The number of ether oxygens (including phenoxy) is 1. The summed E-state index contributed by atoms with van der Waals surface area (Å²) < 4.78 is 20.2. The molecule has 1 aromatic carbocycles. The van der Waals surface area contributed by atoms with Crippen LogP contribution in [0.4, 0.5) is 10.1 Å². The highest BCUT2D eigenvalue weighted by molar-refractivity contribution is 5.42. The van der Waals surface area contributed by atoms with Crippen LogP contribution in [-0.4, -0.2) is 22.9 Å². The number of hydrogen-bond acceptors (Lipinski definition) is 3. The number of aromatic nitrogens is 2. The average molecular weight is 249 g/mol. The summed E-state index contributed by atoms with van der Waals surface area (Å²) in [6.45, 7) is 3.96. The van der Waals surface area contributed by atoms with E-state index in [1.54, 1.807) is 16.9 Å². The summed E-state index contributed by atoms with van der Waals surface area (Å²) in [4.78, 5) is 0. The van der Waals surface area contributed by atoms with Gasteiger partial charge in [0.1, 0.15) is 12.4 Å². The Labute approximate surface area is 105 Å². The fraction of sp³-hybridized carbons (Fsp3) is 0.308. The first-order valence-electron chi connectivity index (χ1n) is 5.92. The smallest absolute Gasteiger partial charge is 0.157 e. The fourth-order valence-electron chi connectivity index (χ4n) is 1.55. The van der Waals surface area contributed by atoms with E-state index in [-0.39, 0.29) is 5.82 Å². The summed E-state index contributed by atoms with van der Waals surface area (Å²) in [7, 11) is 0. The van der Waals surface area contributed by atoms with Crippen molar-refractivity contribution in [3.63, 3.8) is 0 Å². The predicted octanol–water partition coefficient (Wildman–Crippen LogP) is 2.53. The molecule has 1 heterocycles. The van der Waals surface area contributed by atoms with Gasteiger partial charge in [-0.25, -0.2) is 4.39 Å². The molecule has 2 aromatic rings. The lowest BCUT2D eigenvalue weighted by atomic mass is 10.3. The molecule has 0 aliphatic heterocycles. The third-order valence-electron chi connectivity index (χ3n) is 2.46. The first kappa shape index (κ1) is 12.4. The number of nitrogens with one attached hydrogen (secondary N) is 1. The molecule has 0 spiro atoms. The number of benzene rings is 1. The quantitative estimate of drug-likeness (QED) is 0.800. The summed E-state index contributed by atoms with van der Waals surface area (Å²) in [6.07, 6.45) is 3.54. The van der Waals surface area contributed by atoms with Crippen molar-refractivity contribution >= 4 is 5.69 Å². The van der Waals surface area contributed by atoms with Crippen LogP contribution in [0.15, 0.2) is 36.7 Å². The fourth-order valence-corrected chi connectivity index (χ4v) is 1.55. The maximum absolute atomic E-state index is 12.9. The second-order valence-corrected chi connectivity index (χ2v) is 3.82. The van der Waals surface area contributed by atoms with E-state index in [1.807, 2.05) is 19.2 Å². The Balaban J connectivity index is 1.72. The van der Waals surface area contributed by atoms with Gasteiger partial charge in [-0.3, -0.25) is 4.68 Å². The second-order valence-electron chi connectivity index (χ2n) is 3.82. The van der Waals surface area contributed by atoms with E-state index >= 15 is 0 Å². The Morgan fingerprint density at radius 2 is 2.33 bits per heavy atom. The summed E-state index contributed by atoms with van der Waals surface area (Å²) in [5.74, 6) is 0.503. The normalized spacial score (nSPS) is 10.3. The van der Waals surface area contributed by atoms with E-state index in [0.717, 1.165) is 18.0 Å². The van der Waals surface area contributed by atoms with E-state index < -0.39 is 0 Å². The number of halogens is 1. The molecule has 0 aliphatic rings. The van der Waals surface area contributed by atoms with Gasteiger partial charge in [0.2, 0.25) is 0 Å². The van der Waals surface area contributed by atoms with Gasteiger partial charge >= 0.3 is 0 Å². The lowest BCUT2D eigenvalue weighted by Gasteiger charge is -2.07. The van der Waals surface area contributed by atoms with Crippen LogP contribution >= 0.6 is 0 Å². The van der Waals surface area contributed by atoms with Crippen molar-refractivity contribution in [1.82, 2.24) is 9.78 Å². The highest BCUT2D eigenvalue weighted by atomic mass is 19.1. The lowest BCUT2D eigenvalue weighted by molar-refractivity contribution is 0.332. The molecular weight excluding hydrogens is 233 g/mol. The van der Waals surface area contributed by atoms with Crippen molar-refractivity contribution in [3.8, 4) is 5.75 Å². The first-order chi connectivity index (χ1) is 8.78. The third kappa shape index (κ3) is 3.48. The van der Waals surface area contributed by atoms with Crippen LogP contribution in [0.2, 0.25) is 0 Å². The number of rotatable bonds is 6. The topological polar surface area (TPSA) is 39.1 Å². The molecular formula is C13H16FN3O. The minimum atomic E-state index is -0.245. The van der Waals surface area contributed by atoms with Gasteiger partial charge in [0, 0.05) is 18.8 Å². The zero-order valence-corrected chi connectivity index (χ0v) is 10.3. The van der Waals surface area contributed by atoms with Crippen molar-refractivity contribution in [2.75, 3.05) is 18.5 Å². The van der Waals surface area contributed by atoms with Gasteiger partial charge in [-0.1, -0.05) is 6.07 Å². The first-order valence-corrected chi connectivity index (χ1v) is 5.92. The molecule has 2 rings (SSSR count). The zero-order chi connectivity index (χ0) is 12.8. The van der Waals surface area contributed by atoms with Crippen LogP contribution in [0.3, 0.4) is 0 Å². The Morgan fingerprint density at radius 1 is 1.44 bits per heavy atom. The predicted molar refractivity (Wildman–Crippen MR) is 68.3 cm³/mol. The monoisotopic (exact) mass is 249 g/mol. The molecule has 4 nitrogen and oxygen atoms in total. The lowest BCUT2D eigenvalue weighted by Crippen LogP contribution is -2.11. The van der Waals surface area contributed by atoms with Crippen molar-refractivity contribution < 1.29 is 9.13 Å². The zero-order valence-electron chi connectivity index (χ0n) is 10.3. The van der Waals surface area contributed by atoms with Gasteiger partial charge in [-0.15, -0.1) is 0 Å². The third-order valence-corrected chi connectivity index (χ3v) is 2.46. The van der Waals surface area contributed by atoms with E-state index in [2.05, 4.69) is 10.4 Å². The molecule has 0 amide bonds. The molecule has 0 unspecified atom stereocenters. The molecule has 5 heteroatoms. The van der Waals surface area contributed by atoms with E-state index in [1.165, 1.54) is 12.1 Å². The van der Waals surface area contributed by atoms with Crippen LogP contribution in [-0.2, 0) is 6.54 Å². The van der Waals surface area contributed by atoms with Crippen molar-refractivity contribution in [1.29, 1.82) is 0 Å². The van der Waals surface area contributed by atoms with Crippen LogP contribution in [0.5, 0.6) is 5.75 Å². The molecule has 0 aliphatic carbocycles.